The third-order valence-corrected chi connectivity index (χ3v) is 11.9. The fraction of sp³-hybridized carbons (Fsp3) is 0.0526. The van der Waals surface area contributed by atoms with E-state index in [0.29, 0.717) is 0 Å². The molecule has 0 aliphatic heterocycles. The highest BCUT2D eigenvalue weighted by Gasteiger charge is 2.35. The average molecular weight is 742 g/mol. The molecule has 0 unspecified atom stereocenters. The summed E-state index contributed by atoms with van der Waals surface area (Å²) in [5.74, 6) is 0. The van der Waals surface area contributed by atoms with Crippen LogP contribution in [0, 0.1) is 0 Å². The van der Waals surface area contributed by atoms with Crippen molar-refractivity contribution >= 4 is 17.1 Å². The Morgan fingerprint density at radius 1 is 0.276 bits per heavy atom. The topological polar surface area (TPSA) is 3.24 Å². The molecule has 9 aromatic rings. The Morgan fingerprint density at radius 3 is 1.40 bits per heavy atom. The second-order valence-corrected chi connectivity index (χ2v) is 15.7. The van der Waals surface area contributed by atoms with Gasteiger partial charge in [-0.05, 0) is 109 Å². The van der Waals surface area contributed by atoms with Crippen LogP contribution in [-0.4, -0.2) is 0 Å². The fourth-order valence-electron chi connectivity index (χ4n) is 9.02. The highest BCUT2D eigenvalue weighted by molar-refractivity contribution is 5.98. The molecule has 276 valence electrons. The molecule has 0 heterocycles. The van der Waals surface area contributed by atoms with Crippen LogP contribution in [0.1, 0.15) is 25.0 Å². The summed E-state index contributed by atoms with van der Waals surface area (Å²) in [5, 5.41) is 0. The summed E-state index contributed by atoms with van der Waals surface area (Å²) in [6.45, 7) is 4.69. The Balaban J connectivity index is 1.14. The lowest BCUT2D eigenvalue weighted by Gasteiger charge is -2.29. The van der Waals surface area contributed by atoms with E-state index in [1.807, 2.05) is 0 Å². The smallest absolute Gasteiger partial charge is 0.0540 e. The molecule has 0 aromatic heterocycles. The van der Waals surface area contributed by atoms with E-state index in [9.17, 15) is 0 Å². The average Bonchev–Trinajstić information content (AvgIpc) is 3.52. The number of para-hydroxylation sites is 1. The molecule has 1 heteroatoms. The van der Waals surface area contributed by atoms with Gasteiger partial charge in [-0.25, -0.2) is 0 Å². The van der Waals surface area contributed by atoms with Crippen molar-refractivity contribution in [3.8, 4) is 66.8 Å². The number of benzene rings is 9. The van der Waals surface area contributed by atoms with E-state index in [4.69, 9.17) is 0 Å². The zero-order valence-electron chi connectivity index (χ0n) is 32.8. The van der Waals surface area contributed by atoms with E-state index < -0.39 is 0 Å². The molecule has 1 aliphatic rings. The first kappa shape index (κ1) is 35.2. The molecule has 0 radical (unpaired) electrons. The summed E-state index contributed by atoms with van der Waals surface area (Å²) in [5.41, 5.74) is 20.6. The fourth-order valence-corrected chi connectivity index (χ4v) is 9.02. The van der Waals surface area contributed by atoms with Crippen LogP contribution in [0.15, 0.2) is 224 Å². The maximum absolute atomic E-state index is 2.45. The Bertz CT molecular complexity index is 2900. The van der Waals surface area contributed by atoms with Gasteiger partial charge >= 0.3 is 0 Å². The van der Waals surface area contributed by atoms with Crippen molar-refractivity contribution < 1.29 is 0 Å². The van der Waals surface area contributed by atoms with E-state index in [2.05, 4.69) is 243 Å². The lowest BCUT2D eigenvalue weighted by atomic mass is 9.82. The Hall–Kier alpha value is -7.22. The monoisotopic (exact) mass is 741 g/mol. The summed E-state index contributed by atoms with van der Waals surface area (Å²) in [4.78, 5) is 2.45. The second-order valence-electron chi connectivity index (χ2n) is 15.7. The first-order valence-electron chi connectivity index (χ1n) is 20.2. The minimum Gasteiger partial charge on any atom is -0.310 e. The summed E-state index contributed by atoms with van der Waals surface area (Å²) >= 11 is 0. The largest absolute Gasteiger partial charge is 0.310 e. The molecule has 0 spiro atoms. The Kier molecular flexibility index (Phi) is 8.92. The zero-order valence-corrected chi connectivity index (χ0v) is 32.8. The molecule has 0 saturated heterocycles. The summed E-state index contributed by atoms with van der Waals surface area (Å²) in [7, 11) is 0. The molecule has 10 rings (SSSR count). The lowest BCUT2D eigenvalue weighted by molar-refractivity contribution is 0.660. The van der Waals surface area contributed by atoms with Crippen LogP contribution >= 0.6 is 0 Å². The van der Waals surface area contributed by atoms with Crippen molar-refractivity contribution in [2.75, 3.05) is 4.90 Å². The molecule has 58 heavy (non-hydrogen) atoms. The molecule has 0 saturated carbocycles. The highest BCUT2D eigenvalue weighted by Crippen LogP contribution is 2.52. The molecular weight excluding hydrogens is 699 g/mol. The predicted molar refractivity (Wildman–Crippen MR) is 246 cm³/mol. The van der Waals surface area contributed by atoms with Crippen molar-refractivity contribution in [2.45, 2.75) is 19.3 Å². The van der Waals surface area contributed by atoms with Gasteiger partial charge in [0.1, 0.15) is 0 Å². The summed E-state index contributed by atoms with van der Waals surface area (Å²) < 4.78 is 0. The van der Waals surface area contributed by atoms with Gasteiger partial charge in [0.2, 0.25) is 0 Å². The maximum Gasteiger partial charge on any atom is 0.0540 e. The van der Waals surface area contributed by atoms with Crippen LogP contribution in [0.2, 0.25) is 0 Å². The van der Waals surface area contributed by atoms with Gasteiger partial charge in [-0.2, -0.15) is 0 Å². The number of hydrogen-bond acceptors (Lipinski definition) is 1. The third kappa shape index (κ3) is 6.22. The molecule has 0 N–H and O–H groups in total. The molecular formula is C57H43N. The van der Waals surface area contributed by atoms with Crippen LogP contribution in [0.5, 0.6) is 0 Å². The molecule has 9 aromatic carbocycles. The number of hydrogen-bond donors (Lipinski definition) is 0. The van der Waals surface area contributed by atoms with Crippen LogP contribution in [0.3, 0.4) is 0 Å². The van der Waals surface area contributed by atoms with E-state index >= 15 is 0 Å². The van der Waals surface area contributed by atoms with Crippen LogP contribution in [0.25, 0.3) is 66.8 Å². The van der Waals surface area contributed by atoms with Gasteiger partial charge in [-0.3, -0.25) is 0 Å². The third-order valence-electron chi connectivity index (χ3n) is 11.9. The molecule has 1 nitrogen and oxygen atoms in total. The van der Waals surface area contributed by atoms with E-state index in [1.54, 1.807) is 0 Å². The van der Waals surface area contributed by atoms with Crippen molar-refractivity contribution in [1.82, 2.24) is 0 Å². The lowest BCUT2D eigenvalue weighted by Crippen LogP contribution is -2.15. The zero-order chi connectivity index (χ0) is 39.1. The van der Waals surface area contributed by atoms with Crippen molar-refractivity contribution in [3.63, 3.8) is 0 Å². The van der Waals surface area contributed by atoms with Crippen molar-refractivity contribution in [2.24, 2.45) is 0 Å². The van der Waals surface area contributed by atoms with Crippen molar-refractivity contribution in [3.05, 3.63) is 236 Å². The quantitative estimate of drug-likeness (QED) is 0.150. The van der Waals surface area contributed by atoms with Crippen LogP contribution in [0.4, 0.5) is 17.1 Å². The van der Waals surface area contributed by atoms with Crippen LogP contribution in [-0.2, 0) is 5.41 Å². The van der Waals surface area contributed by atoms with Crippen LogP contribution < -0.4 is 4.90 Å². The second kappa shape index (κ2) is 14.7. The molecule has 0 amide bonds. The minimum atomic E-state index is -0.0752. The minimum absolute atomic E-state index is 0.0752. The molecule has 1 aliphatic carbocycles. The Labute approximate surface area is 342 Å². The van der Waals surface area contributed by atoms with E-state index in [1.165, 1.54) is 77.9 Å². The number of rotatable bonds is 8. The van der Waals surface area contributed by atoms with Gasteiger partial charge in [0.05, 0.1) is 5.69 Å². The summed E-state index contributed by atoms with van der Waals surface area (Å²) in [6, 6.07) is 81.8. The Morgan fingerprint density at radius 2 is 0.724 bits per heavy atom. The standard InChI is InChI=1S/C57H43N/c1-57(2)54-30-15-13-28-51(54)53-39-46(36-37-55(53)57)58(45-34-32-41(33-35-45)44-23-17-22-43(38-44)40-18-5-3-6-19-40)56-31-16-14-29-52(56)50-27-12-11-26-49(50)48-25-10-9-24-47(48)42-20-7-4-8-21-42/h3-39H,1-2H3. The highest BCUT2D eigenvalue weighted by atomic mass is 15.1. The van der Waals surface area contributed by atoms with Gasteiger partial charge < -0.3 is 4.90 Å². The van der Waals surface area contributed by atoms with Gasteiger partial charge in [-0.15, -0.1) is 0 Å². The number of anilines is 3. The normalized spacial score (nSPS) is 12.4. The molecule has 0 atom stereocenters. The van der Waals surface area contributed by atoms with Crippen molar-refractivity contribution in [1.29, 1.82) is 0 Å². The predicted octanol–water partition coefficient (Wildman–Crippen LogP) is 15.8. The molecule has 0 bridgehead atoms. The van der Waals surface area contributed by atoms with E-state index in [0.717, 1.165) is 17.1 Å². The van der Waals surface area contributed by atoms with Gasteiger partial charge in [0.15, 0.2) is 0 Å². The first-order chi connectivity index (χ1) is 28.5. The summed E-state index contributed by atoms with van der Waals surface area (Å²) in [6.07, 6.45) is 0. The first-order valence-corrected chi connectivity index (χ1v) is 20.2. The van der Waals surface area contributed by atoms with Gasteiger partial charge in [0, 0.05) is 22.4 Å². The van der Waals surface area contributed by atoms with Gasteiger partial charge in [0.25, 0.3) is 0 Å². The number of nitrogens with zero attached hydrogens (tertiary/aromatic N) is 1. The van der Waals surface area contributed by atoms with E-state index in [-0.39, 0.29) is 5.41 Å². The van der Waals surface area contributed by atoms with Gasteiger partial charge in [-0.1, -0.05) is 202 Å². The number of fused-ring (bicyclic) bond motifs is 3. The maximum atomic E-state index is 2.45. The SMILES string of the molecule is CC1(C)c2ccccc2-c2cc(N(c3ccc(-c4cccc(-c5ccccc5)c4)cc3)c3ccccc3-c3ccccc3-c3ccccc3-c3ccccc3)ccc21. The molecule has 0 fully saturated rings.